The zero-order valence-electron chi connectivity index (χ0n) is 10.8. The second-order valence-electron chi connectivity index (χ2n) is 5.15. The molecular formula is C12H15ClN4O2. The monoisotopic (exact) mass is 282 g/mol. The van der Waals surface area contributed by atoms with Crippen LogP contribution in [0.15, 0.2) is 30.4 Å². The van der Waals surface area contributed by atoms with Crippen LogP contribution in [0.3, 0.4) is 0 Å². The zero-order chi connectivity index (χ0) is 14.0. The van der Waals surface area contributed by atoms with Crippen molar-refractivity contribution in [1.82, 2.24) is 15.2 Å². The molecule has 0 unspecified atom stereocenters. The Balaban J connectivity index is 2.17. The maximum atomic E-state index is 10.6. The summed E-state index contributed by atoms with van der Waals surface area (Å²) in [6.07, 6.45) is 2.68. The summed E-state index contributed by atoms with van der Waals surface area (Å²) in [7, 11) is 0. The third-order valence-corrected chi connectivity index (χ3v) is 3.01. The van der Waals surface area contributed by atoms with Crippen molar-refractivity contribution in [3.05, 3.63) is 51.2 Å². The Kier molecular flexibility index (Phi) is 3.61. The topological polar surface area (TPSA) is 71.3 Å². The molecule has 1 fully saturated rings. The molecule has 0 radical (unpaired) electrons. The van der Waals surface area contributed by atoms with Crippen LogP contribution in [0.1, 0.15) is 19.4 Å². The zero-order valence-corrected chi connectivity index (χ0v) is 11.5. The molecule has 102 valence electrons. The smallest absolute Gasteiger partial charge is 0.274 e. The molecule has 0 bridgehead atoms. The summed E-state index contributed by atoms with van der Waals surface area (Å²) in [4.78, 5) is 16.1. The summed E-state index contributed by atoms with van der Waals surface area (Å²) in [6, 6.07) is 3.58. The van der Waals surface area contributed by atoms with Crippen molar-refractivity contribution in [2.45, 2.75) is 25.9 Å². The normalized spacial score (nSPS) is 19.5. The minimum absolute atomic E-state index is 0.193. The van der Waals surface area contributed by atoms with Gasteiger partial charge in [0.25, 0.3) is 6.20 Å². The van der Waals surface area contributed by atoms with Crippen LogP contribution in [0.4, 0.5) is 0 Å². The summed E-state index contributed by atoms with van der Waals surface area (Å²) in [5.74, 6) is 0.518. The van der Waals surface area contributed by atoms with E-state index in [1.165, 1.54) is 0 Å². The van der Waals surface area contributed by atoms with Gasteiger partial charge in [0.2, 0.25) is 0 Å². The van der Waals surface area contributed by atoms with Crippen LogP contribution in [-0.4, -0.2) is 26.9 Å². The molecule has 0 aromatic carbocycles. The number of nitro groups is 1. The number of rotatable bonds is 3. The Morgan fingerprint density at radius 1 is 1.63 bits per heavy atom. The molecule has 1 saturated heterocycles. The molecule has 1 aromatic heterocycles. The average Bonchev–Trinajstić information content (AvgIpc) is 2.55. The lowest BCUT2D eigenvalue weighted by Crippen LogP contribution is -2.34. The maximum absolute atomic E-state index is 10.6. The van der Waals surface area contributed by atoms with E-state index in [-0.39, 0.29) is 5.54 Å². The molecule has 7 heteroatoms. The largest absolute Gasteiger partial charge is 0.360 e. The van der Waals surface area contributed by atoms with Gasteiger partial charge in [-0.05, 0) is 25.5 Å². The van der Waals surface area contributed by atoms with Crippen LogP contribution in [0.25, 0.3) is 0 Å². The van der Waals surface area contributed by atoms with Crippen LogP contribution in [0.2, 0.25) is 5.15 Å². The summed E-state index contributed by atoms with van der Waals surface area (Å²) in [6.45, 7) is 5.25. The first-order chi connectivity index (χ1) is 8.85. The quantitative estimate of drug-likeness (QED) is 0.521. The SMILES string of the molecule is CC1(C)CN(Cc2ccc(Cl)nc2)/C(=C\[N+](=O)[O-])N1. The fourth-order valence-corrected chi connectivity index (χ4v) is 2.21. The van der Waals surface area contributed by atoms with Crippen molar-refractivity contribution in [2.24, 2.45) is 0 Å². The van der Waals surface area contributed by atoms with Gasteiger partial charge in [-0.15, -0.1) is 0 Å². The van der Waals surface area contributed by atoms with Gasteiger partial charge in [-0.3, -0.25) is 10.1 Å². The summed E-state index contributed by atoms with van der Waals surface area (Å²) >= 11 is 5.73. The standard InChI is InChI=1S/C12H15ClN4O2/c1-12(2)8-16(11(15-12)7-17(18)19)6-9-3-4-10(13)14-5-9/h3-5,7,15H,6,8H2,1-2H3/b11-7-. The van der Waals surface area contributed by atoms with Gasteiger partial charge in [0, 0.05) is 19.3 Å². The van der Waals surface area contributed by atoms with Crippen LogP contribution in [-0.2, 0) is 6.54 Å². The minimum atomic E-state index is -0.448. The Bertz CT molecular complexity index is 513. The highest BCUT2D eigenvalue weighted by Gasteiger charge is 2.33. The lowest BCUT2D eigenvalue weighted by Gasteiger charge is -2.18. The molecule has 0 saturated carbocycles. The van der Waals surface area contributed by atoms with Gasteiger partial charge in [-0.25, -0.2) is 4.98 Å². The number of pyridine rings is 1. The fourth-order valence-electron chi connectivity index (χ4n) is 2.10. The molecule has 1 aromatic rings. The predicted molar refractivity (Wildman–Crippen MR) is 71.9 cm³/mol. The van der Waals surface area contributed by atoms with E-state index in [1.807, 2.05) is 24.8 Å². The summed E-state index contributed by atoms with van der Waals surface area (Å²) in [5, 5.41) is 14.2. The van der Waals surface area contributed by atoms with Gasteiger partial charge in [0.1, 0.15) is 5.15 Å². The van der Waals surface area contributed by atoms with E-state index in [4.69, 9.17) is 11.6 Å². The molecular weight excluding hydrogens is 268 g/mol. The van der Waals surface area contributed by atoms with E-state index in [0.717, 1.165) is 11.8 Å². The van der Waals surface area contributed by atoms with Crippen LogP contribution < -0.4 is 5.32 Å². The molecule has 0 atom stereocenters. The van der Waals surface area contributed by atoms with Crippen molar-refractivity contribution in [1.29, 1.82) is 0 Å². The van der Waals surface area contributed by atoms with E-state index in [2.05, 4.69) is 10.3 Å². The molecule has 1 N–H and O–H groups in total. The Labute approximate surface area is 116 Å². The van der Waals surface area contributed by atoms with Crippen LogP contribution in [0.5, 0.6) is 0 Å². The van der Waals surface area contributed by atoms with E-state index in [1.54, 1.807) is 12.3 Å². The first-order valence-corrected chi connectivity index (χ1v) is 6.22. The molecule has 2 rings (SSSR count). The maximum Gasteiger partial charge on any atom is 0.274 e. The second kappa shape index (κ2) is 5.05. The van der Waals surface area contributed by atoms with Crippen molar-refractivity contribution < 1.29 is 4.92 Å². The van der Waals surface area contributed by atoms with E-state index in [9.17, 15) is 10.1 Å². The van der Waals surface area contributed by atoms with Crippen LogP contribution in [0, 0.1) is 10.1 Å². The van der Waals surface area contributed by atoms with Crippen molar-refractivity contribution >= 4 is 11.6 Å². The highest BCUT2D eigenvalue weighted by molar-refractivity contribution is 6.29. The molecule has 2 heterocycles. The summed E-state index contributed by atoms with van der Waals surface area (Å²) < 4.78 is 0. The van der Waals surface area contributed by atoms with Gasteiger partial charge in [-0.1, -0.05) is 17.7 Å². The molecule has 0 spiro atoms. The summed E-state index contributed by atoms with van der Waals surface area (Å²) in [5.41, 5.74) is 0.764. The number of halogens is 1. The number of nitrogens with one attached hydrogen (secondary N) is 1. The van der Waals surface area contributed by atoms with Gasteiger partial charge < -0.3 is 10.2 Å². The molecule has 19 heavy (non-hydrogen) atoms. The average molecular weight is 283 g/mol. The third-order valence-electron chi connectivity index (χ3n) is 2.78. The van der Waals surface area contributed by atoms with Gasteiger partial charge in [-0.2, -0.15) is 0 Å². The van der Waals surface area contributed by atoms with Crippen molar-refractivity contribution in [3.8, 4) is 0 Å². The predicted octanol–water partition coefficient (Wildman–Crippen LogP) is 1.99. The minimum Gasteiger partial charge on any atom is -0.360 e. The highest BCUT2D eigenvalue weighted by atomic mass is 35.5. The van der Waals surface area contributed by atoms with Gasteiger partial charge >= 0.3 is 0 Å². The van der Waals surface area contributed by atoms with E-state index >= 15 is 0 Å². The van der Waals surface area contributed by atoms with E-state index < -0.39 is 4.92 Å². The Hall–Kier alpha value is -1.82. The fraction of sp³-hybridized carbons (Fsp3) is 0.417. The first-order valence-electron chi connectivity index (χ1n) is 5.85. The van der Waals surface area contributed by atoms with Crippen molar-refractivity contribution in [2.75, 3.05) is 6.54 Å². The Morgan fingerprint density at radius 2 is 2.37 bits per heavy atom. The number of nitrogens with zero attached hydrogens (tertiary/aromatic N) is 3. The van der Waals surface area contributed by atoms with Gasteiger partial charge in [0.05, 0.1) is 10.5 Å². The number of hydrogen-bond donors (Lipinski definition) is 1. The molecule has 6 nitrogen and oxygen atoms in total. The molecule has 1 aliphatic heterocycles. The van der Waals surface area contributed by atoms with E-state index in [0.29, 0.717) is 24.1 Å². The number of aromatic nitrogens is 1. The van der Waals surface area contributed by atoms with Gasteiger partial charge in [0.15, 0.2) is 5.82 Å². The van der Waals surface area contributed by atoms with Crippen LogP contribution >= 0.6 is 11.6 Å². The number of hydrogen-bond acceptors (Lipinski definition) is 5. The molecule has 0 amide bonds. The Morgan fingerprint density at radius 3 is 2.95 bits per heavy atom. The highest BCUT2D eigenvalue weighted by Crippen LogP contribution is 2.23. The first kappa shape index (κ1) is 13.6. The second-order valence-corrected chi connectivity index (χ2v) is 5.54. The lowest BCUT2D eigenvalue weighted by atomic mass is 10.1. The molecule has 1 aliphatic rings. The third kappa shape index (κ3) is 3.57. The van der Waals surface area contributed by atoms with Crippen molar-refractivity contribution in [3.63, 3.8) is 0 Å². The lowest BCUT2D eigenvalue weighted by molar-refractivity contribution is -0.404. The molecule has 0 aliphatic carbocycles.